The third kappa shape index (κ3) is 3.39. The molecule has 6 heteroatoms. The number of aliphatic hydroxyl groups excluding tert-OH is 1. The van der Waals surface area contributed by atoms with Gasteiger partial charge in [0, 0.05) is 6.54 Å². The van der Waals surface area contributed by atoms with Crippen LogP contribution in [0, 0.1) is 0 Å². The van der Waals surface area contributed by atoms with Crippen LogP contribution < -0.4 is 10.6 Å². The Labute approximate surface area is 88.0 Å². The number of carbonyl (C=O) groups excluding carboxylic acids is 2. The first-order chi connectivity index (χ1) is 6.79. The van der Waals surface area contributed by atoms with Crippen LogP contribution in [0.1, 0.15) is 20.8 Å². The second-order valence-corrected chi connectivity index (χ2v) is 4.44. The van der Waals surface area contributed by atoms with E-state index in [4.69, 9.17) is 4.74 Å². The monoisotopic (exact) mass is 216 g/mol. The van der Waals surface area contributed by atoms with Crippen molar-refractivity contribution in [1.82, 2.24) is 10.6 Å². The maximum absolute atomic E-state index is 11.3. The lowest BCUT2D eigenvalue weighted by Gasteiger charge is -2.21. The molecule has 0 unspecified atom stereocenters. The van der Waals surface area contributed by atoms with Crippen molar-refractivity contribution in [3.8, 4) is 0 Å². The summed E-state index contributed by atoms with van der Waals surface area (Å²) in [5.74, 6) is -0.395. The molecule has 86 valence electrons. The first kappa shape index (κ1) is 11.8. The van der Waals surface area contributed by atoms with Crippen molar-refractivity contribution in [2.24, 2.45) is 0 Å². The largest absolute Gasteiger partial charge is 0.444 e. The Morgan fingerprint density at radius 1 is 1.60 bits per heavy atom. The Bertz CT molecular complexity index is 272. The summed E-state index contributed by atoms with van der Waals surface area (Å²) in [6.07, 6.45) is -1.60. The molecule has 6 nitrogen and oxygen atoms in total. The maximum Gasteiger partial charge on any atom is 0.408 e. The first-order valence-electron chi connectivity index (χ1n) is 4.75. The molecule has 0 aromatic rings. The number of ether oxygens (including phenoxy) is 1. The molecular formula is C9H16N2O4. The second-order valence-electron chi connectivity index (χ2n) is 4.44. The van der Waals surface area contributed by atoms with Crippen molar-refractivity contribution in [3.05, 3.63) is 0 Å². The van der Waals surface area contributed by atoms with E-state index in [2.05, 4.69) is 10.6 Å². The predicted molar refractivity (Wildman–Crippen MR) is 52.2 cm³/mol. The van der Waals surface area contributed by atoms with Gasteiger partial charge in [0.2, 0.25) is 5.91 Å². The van der Waals surface area contributed by atoms with Crippen molar-refractivity contribution >= 4 is 12.0 Å². The molecule has 1 aliphatic rings. The van der Waals surface area contributed by atoms with Crippen molar-refractivity contribution < 1.29 is 19.4 Å². The van der Waals surface area contributed by atoms with Crippen LogP contribution in [0.4, 0.5) is 4.79 Å². The van der Waals surface area contributed by atoms with E-state index >= 15 is 0 Å². The lowest BCUT2D eigenvalue weighted by atomic mass is 10.2. The van der Waals surface area contributed by atoms with E-state index < -0.39 is 29.7 Å². The van der Waals surface area contributed by atoms with Gasteiger partial charge in [0.1, 0.15) is 17.7 Å². The van der Waals surface area contributed by atoms with Crippen LogP contribution in [0.25, 0.3) is 0 Å². The maximum atomic E-state index is 11.3. The van der Waals surface area contributed by atoms with Crippen LogP contribution in [-0.2, 0) is 9.53 Å². The smallest absolute Gasteiger partial charge is 0.408 e. The van der Waals surface area contributed by atoms with Gasteiger partial charge in [-0.3, -0.25) is 4.79 Å². The second kappa shape index (κ2) is 4.06. The van der Waals surface area contributed by atoms with Crippen LogP contribution in [0.2, 0.25) is 0 Å². The average molecular weight is 216 g/mol. The summed E-state index contributed by atoms with van der Waals surface area (Å²) >= 11 is 0. The van der Waals surface area contributed by atoms with Crippen molar-refractivity contribution in [2.45, 2.75) is 38.5 Å². The Balaban J connectivity index is 2.48. The number of nitrogens with one attached hydrogen (secondary N) is 2. The molecule has 0 spiro atoms. The molecule has 0 saturated carbocycles. The molecule has 0 aromatic carbocycles. The number of amides is 2. The van der Waals surface area contributed by atoms with Crippen molar-refractivity contribution in [3.63, 3.8) is 0 Å². The summed E-state index contributed by atoms with van der Waals surface area (Å²) in [7, 11) is 0. The standard InChI is InChI=1S/C9H16N2O4/c1-9(2,3)15-8(14)11-6-5(12)4-10-7(6)13/h5-6,12H,4H2,1-3H3,(H,10,13)(H,11,14)/t5-,6+/m1/s1. The number of carbonyl (C=O) groups is 2. The summed E-state index contributed by atoms with van der Waals surface area (Å²) in [4.78, 5) is 22.4. The summed E-state index contributed by atoms with van der Waals surface area (Å²) in [5.41, 5.74) is -0.621. The third-order valence-corrected chi connectivity index (χ3v) is 1.82. The molecule has 1 rings (SSSR count). The number of rotatable bonds is 1. The SMILES string of the molecule is CC(C)(C)OC(=O)N[C@@H]1C(=O)NC[C@H]1O. The highest BCUT2D eigenvalue weighted by atomic mass is 16.6. The highest BCUT2D eigenvalue weighted by Gasteiger charge is 2.35. The highest BCUT2D eigenvalue weighted by molar-refractivity contribution is 5.88. The lowest BCUT2D eigenvalue weighted by molar-refractivity contribution is -0.121. The quantitative estimate of drug-likeness (QED) is 0.544. The molecule has 15 heavy (non-hydrogen) atoms. The van der Waals surface area contributed by atoms with Crippen molar-refractivity contribution in [2.75, 3.05) is 6.54 Å². The minimum atomic E-state index is -0.917. The number of β-amino-alcohol motifs (C(OH)–C–C–N with tert-alkyl or cyclic N) is 1. The van der Waals surface area contributed by atoms with E-state index in [1.165, 1.54) is 0 Å². The van der Waals surface area contributed by atoms with E-state index in [1.54, 1.807) is 20.8 Å². The summed E-state index contributed by atoms with van der Waals surface area (Å²) in [5, 5.41) is 14.1. The summed E-state index contributed by atoms with van der Waals surface area (Å²) in [6.45, 7) is 5.31. The molecule has 3 N–H and O–H groups in total. The van der Waals surface area contributed by atoms with Gasteiger partial charge in [-0.1, -0.05) is 0 Å². The topological polar surface area (TPSA) is 87.7 Å². The molecule has 0 radical (unpaired) electrons. The number of aliphatic hydroxyl groups is 1. The average Bonchev–Trinajstić information content (AvgIpc) is 2.32. The van der Waals surface area contributed by atoms with Crippen LogP contribution in [-0.4, -0.2) is 41.4 Å². The normalized spacial score (nSPS) is 26.0. The molecule has 1 aliphatic heterocycles. The van der Waals surface area contributed by atoms with E-state index in [0.29, 0.717) is 0 Å². The highest BCUT2D eigenvalue weighted by Crippen LogP contribution is 2.08. The van der Waals surface area contributed by atoms with Crippen LogP contribution in [0.3, 0.4) is 0 Å². The zero-order valence-electron chi connectivity index (χ0n) is 9.03. The Kier molecular flexibility index (Phi) is 3.18. The Hall–Kier alpha value is -1.30. The van der Waals surface area contributed by atoms with Crippen LogP contribution >= 0.6 is 0 Å². The first-order valence-corrected chi connectivity index (χ1v) is 4.75. The van der Waals surface area contributed by atoms with Gasteiger partial charge in [-0.25, -0.2) is 4.79 Å². The van der Waals surface area contributed by atoms with Gasteiger partial charge >= 0.3 is 6.09 Å². The Morgan fingerprint density at radius 2 is 2.20 bits per heavy atom. The van der Waals surface area contributed by atoms with Gasteiger partial charge in [0.05, 0.1) is 0 Å². The molecule has 0 aromatic heterocycles. The van der Waals surface area contributed by atoms with Gasteiger partial charge in [0.25, 0.3) is 0 Å². The van der Waals surface area contributed by atoms with Gasteiger partial charge in [0.15, 0.2) is 0 Å². The zero-order valence-corrected chi connectivity index (χ0v) is 9.03. The number of hydrogen-bond acceptors (Lipinski definition) is 4. The van der Waals surface area contributed by atoms with E-state index in [-0.39, 0.29) is 6.54 Å². The van der Waals surface area contributed by atoms with E-state index in [0.717, 1.165) is 0 Å². The zero-order chi connectivity index (χ0) is 11.6. The molecular weight excluding hydrogens is 200 g/mol. The summed E-state index contributed by atoms with van der Waals surface area (Å²) in [6, 6.07) is -0.917. The number of alkyl carbamates (subject to hydrolysis) is 1. The van der Waals surface area contributed by atoms with E-state index in [9.17, 15) is 14.7 Å². The molecule has 1 heterocycles. The predicted octanol–water partition coefficient (Wildman–Crippen LogP) is -0.630. The molecule has 1 fully saturated rings. The van der Waals surface area contributed by atoms with Crippen LogP contribution in [0.5, 0.6) is 0 Å². The molecule has 1 saturated heterocycles. The fraction of sp³-hybridized carbons (Fsp3) is 0.778. The summed E-state index contributed by atoms with van der Waals surface area (Å²) < 4.78 is 4.96. The fourth-order valence-corrected chi connectivity index (χ4v) is 1.20. The Morgan fingerprint density at radius 3 is 2.60 bits per heavy atom. The third-order valence-electron chi connectivity index (χ3n) is 1.82. The van der Waals surface area contributed by atoms with Crippen molar-refractivity contribution in [1.29, 1.82) is 0 Å². The minimum Gasteiger partial charge on any atom is -0.444 e. The molecule has 2 atom stereocenters. The number of hydrogen-bond donors (Lipinski definition) is 3. The van der Waals surface area contributed by atoms with Gasteiger partial charge in [-0.15, -0.1) is 0 Å². The van der Waals surface area contributed by atoms with Crippen LogP contribution in [0.15, 0.2) is 0 Å². The van der Waals surface area contributed by atoms with Gasteiger partial charge in [-0.2, -0.15) is 0 Å². The molecule has 2 amide bonds. The lowest BCUT2D eigenvalue weighted by Crippen LogP contribution is -2.47. The molecule has 0 bridgehead atoms. The minimum absolute atomic E-state index is 0.152. The molecule has 0 aliphatic carbocycles. The fourth-order valence-electron chi connectivity index (χ4n) is 1.20. The van der Waals surface area contributed by atoms with E-state index in [1.807, 2.05) is 0 Å². The van der Waals surface area contributed by atoms with Gasteiger partial charge < -0.3 is 20.5 Å². The van der Waals surface area contributed by atoms with Gasteiger partial charge in [-0.05, 0) is 20.8 Å².